The minimum absolute atomic E-state index is 0.0470. The summed E-state index contributed by atoms with van der Waals surface area (Å²) in [6.45, 7) is 10.0. The van der Waals surface area contributed by atoms with Crippen LogP contribution in [0.25, 0.3) is 0 Å². The Kier molecular flexibility index (Phi) is 3.79. The fourth-order valence-electron chi connectivity index (χ4n) is 2.81. The summed E-state index contributed by atoms with van der Waals surface area (Å²) in [6, 6.07) is 0.563. The monoisotopic (exact) mass is 243 g/mol. The average molecular weight is 243 g/mol. The predicted molar refractivity (Wildman–Crippen MR) is 67.9 cm³/mol. The number of halogens is 1. The van der Waals surface area contributed by atoms with Crippen molar-refractivity contribution in [3.8, 4) is 0 Å². The molecule has 0 spiro atoms. The smallest absolute Gasteiger partial charge is 0.115 e. The highest BCUT2D eigenvalue weighted by atomic mass is 19.1. The topological polar surface area (TPSA) is 12.5 Å². The van der Waals surface area contributed by atoms with Crippen molar-refractivity contribution < 1.29 is 9.13 Å². The van der Waals surface area contributed by atoms with Crippen LogP contribution in [0.5, 0.6) is 0 Å². The number of nitrogens with zero attached hydrogens (tertiary/aromatic N) is 1. The Balaban J connectivity index is 1.73. The predicted octanol–water partition coefficient (Wildman–Crippen LogP) is 3.01. The lowest BCUT2D eigenvalue weighted by molar-refractivity contribution is -0.126. The van der Waals surface area contributed by atoms with Gasteiger partial charge in [0.25, 0.3) is 0 Å². The lowest BCUT2D eigenvalue weighted by atomic mass is 9.84. The van der Waals surface area contributed by atoms with Crippen molar-refractivity contribution in [2.75, 3.05) is 13.1 Å². The van der Waals surface area contributed by atoms with E-state index in [0.29, 0.717) is 18.7 Å². The molecule has 1 aliphatic carbocycles. The summed E-state index contributed by atoms with van der Waals surface area (Å²) < 4.78 is 19.6. The molecule has 0 bridgehead atoms. The third kappa shape index (κ3) is 3.41. The van der Waals surface area contributed by atoms with Crippen LogP contribution in [0.4, 0.5) is 4.39 Å². The van der Waals surface area contributed by atoms with Gasteiger partial charge in [0.1, 0.15) is 6.17 Å². The standard InChI is InChI=1S/C14H26FNO/c1-10-5-6-16(9-13(10)15)11-7-12(8-11)17-14(2,3)4/h10-13H,5-9H2,1-4H3/t10-,11?,12?,13+/m1/s1. The van der Waals surface area contributed by atoms with E-state index in [4.69, 9.17) is 4.74 Å². The Morgan fingerprint density at radius 1 is 1.24 bits per heavy atom. The first-order valence-corrected chi connectivity index (χ1v) is 6.91. The van der Waals surface area contributed by atoms with E-state index in [1.54, 1.807) is 0 Å². The molecule has 2 rings (SSSR count). The van der Waals surface area contributed by atoms with Crippen LogP contribution >= 0.6 is 0 Å². The molecule has 0 aromatic carbocycles. The molecule has 2 aliphatic rings. The Labute approximate surface area is 105 Å². The second kappa shape index (κ2) is 4.85. The van der Waals surface area contributed by atoms with Gasteiger partial charge in [-0.1, -0.05) is 6.92 Å². The minimum Gasteiger partial charge on any atom is -0.373 e. The molecular formula is C14H26FNO. The van der Waals surface area contributed by atoms with Crippen molar-refractivity contribution in [1.29, 1.82) is 0 Å². The van der Waals surface area contributed by atoms with Crippen molar-refractivity contribution in [2.45, 2.75) is 70.9 Å². The highest BCUT2D eigenvalue weighted by Gasteiger charge is 2.39. The van der Waals surface area contributed by atoms with Gasteiger partial charge in [0, 0.05) is 12.6 Å². The number of ether oxygens (including phenoxy) is 1. The molecule has 2 nitrogen and oxygen atoms in total. The van der Waals surface area contributed by atoms with Crippen molar-refractivity contribution in [3.63, 3.8) is 0 Å². The molecule has 0 amide bonds. The van der Waals surface area contributed by atoms with Gasteiger partial charge >= 0.3 is 0 Å². The fraction of sp³-hybridized carbons (Fsp3) is 1.00. The van der Waals surface area contributed by atoms with E-state index >= 15 is 0 Å². The number of likely N-dealkylation sites (tertiary alicyclic amines) is 1. The second-order valence-corrected chi connectivity index (χ2v) is 6.75. The molecule has 2 fully saturated rings. The minimum atomic E-state index is -0.633. The zero-order valence-corrected chi connectivity index (χ0v) is 11.6. The first-order valence-electron chi connectivity index (χ1n) is 6.91. The van der Waals surface area contributed by atoms with Gasteiger partial charge < -0.3 is 4.74 Å². The SMILES string of the molecule is C[C@@H]1CCN(C2CC(OC(C)(C)C)C2)C[C@@H]1F. The Hall–Kier alpha value is -0.150. The Morgan fingerprint density at radius 2 is 1.88 bits per heavy atom. The number of hydrogen-bond acceptors (Lipinski definition) is 2. The first kappa shape index (κ1) is 13.3. The van der Waals surface area contributed by atoms with Crippen molar-refractivity contribution in [1.82, 2.24) is 4.90 Å². The highest BCUT2D eigenvalue weighted by Crippen LogP contribution is 2.34. The molecule has 0 aromatic rings. The van der Waals surface area contributed by atoms with Crippen LogP contribution in [0, 0.1) is 5.92 Å². The van der Waals surface area contributed by atoms with Crippen LogP contribution in [-0.4, -0.2) is 41.9 Å². The van der Waals surface area contributed by atoms with Crippen LogP contribution in [-0.2, 0) is 4.74 Å². The van der Waals surface area contributed by atoms with Crippen LogP contribution < -0.4 is 0 Å². The van der Waals surface area contributed by atoms with Crippen molar-refractivity contribution in [3.05, 3.63) is 0 Å². The average Bonchev–Trinajstić information content (AvgIpc) is 2.14. The molecule has 3 heteroatoms. The van der Waals surface area contributed by atoms with E-state index in [0.717, 1.165) is 25.8 Å². The molecule has 17 heavy (non-hydrogen) atoms. The lowest BCUT2D eigenvalue weighted by Crippen LogP contribution is -2.54. The fourth-order valence-corrected chi connectivity index (χ4v) is 2.81. The number of rotatable bonds is 2. The van der Waals surface area contributed by atoms with Crippen LogP contribution in [0.2, 0.25) is 0 Å². The number of alkyl halides is 1. The summed E-state index contributed by atoms with van der Waals surface area (Å²) in [5, 5.41) is 0. The highest BCUT2D eigenvalue weighted by molar-refractivity contribution is 4.92. The molecule has 0 unspecified atom stereocenters. The third-order valence-electron chi connectivity index (χ3n) is 4.00. The van der Waals surface area contributed by atoms with Gasteiger partial charge in [-0.15, -0.1) is 0 Å². The molecule has 2 atom stereocenters. The van der Waals surface area contributed by atoms with Crippen LogP contribution in [0.3, 0.4) is 0 Å². The molecule has 100 valence electrons. The van der Waals surface area contributed by atoms with Gasteiger partial charge in [-0.25, -0.2) is 4.39 Å². The van der Waals surface area contributed by atoms with Crippen LogP contribution in [0.15, 0.2) is 0 Å². The largest absolute Gasteiger partial charge is 0.373 e. The lowest BCUT2D eigenvalue weighted by Gasteiger charge is -2.47. The maximum Gasteiger partial charge on any atom is 0.115 e. The molecule has 0 N–H and O–H groups in total. The van der Waals surface area contributed by atoms with Crippen molar-refractivity contribution in [2.24, 2.45) is 5.92 Å². The maximum absolute atomic E-state index is 13.6. The zero-order chi connectivity index (χ0) is 12.6. The summed E-state index contributed by atoms with van der Waals surface area (Å²) in [4.78, 5) is 2.33. The molecule has 1 saturated carbocycles. The van der Waals surface area contributed by atoms with Gasteiger partial charge in [0.15, 0.2) is 0 Å². The normalized spacial score (nSPS) is 40.1. The quantitative estimate of drug-likeness (QED) is 0.739. The summed E-state index contributed by atoms with van der Waals surface area (Å²) in [7, 11) is 0. The van der Waals surface area contributed by atoms with Crippen molar-refractivity contribution >= 4 is 0 Å². The Bertz CT molecular complexity index is 257. The number of hydrogen-bond donors (Lipinski definition) is 0. The van der Waals surface area contributed by atoms with Gasteiger partial charge in [-0.3, -0.25) is 4.90 Å². The molecule has 0 radical (unpaired) electrons. The van der Waals surface area contributed by atoms with Gasteiger partial charge in [0.05, 0.1) is 11.7 Å². The first-order chi connectivity index (χ1) is 7.85. The third-order valence-corrected chi connectivity index (χ3v) is 4.00. The summed E-state index contributed by atoms with van der Waals surface area (Å²) in [5.74, 6) is 0.243. The molecule has 1 aliphatic heterocycles. The van der Waals surface area contributed by atoms with E-state index in [9.17, 15) is 4.39 Å². The van der Waals surface area contributed by atoms with E-state index < -0.39 is 6.17 Å². The second-order valence-electron chi connectivity index (χ2n) is 6.75. The number of piperidine rings is 1. The summed E-state index contributed by atoms with van der Waals surface area (Å²) >= 11 is 0. The molecule has 1 heterocycles. The van der Waals surface area contributed by atoms with E-state index in [1.807, 2.05) is 6.92 Å². The molecule has 0 aromatic heterocycles. The molecular weight excluding hydrogens is 217 g/mol. The summed E-state index contributed by atoms with van der Waals surface area (Å²) in [5.41, 5.74) is -0.0470. The van der Waals surface area contributed by atoms with Gasteiger partial charge in [0.2, 0.25) is 0 Å². The van der Waals surface area contributed by atoms with Gasteiger partial charge in [-0.2, -0.15) is 0 Å². The summed E-state index contributed by atoms with van der Waals surface area (Å²) in [6.07, 6.45) is 2.92. The van der Waals surface area contributed by atoms with E-state index in [1.165, 1.54) is 0 Å². The molecule has 1 saturated heterocycles. The van der Waals surface area contributed by atoms with Crippen LogP contribution in [0.1, 0.15) is 47.0 Å². The van der Waals surface area contributed by atoms with Gasteiger partial charge in [-0.05, 0) is 52.5 Å². The van der Waals surface area contributed by atoms with E-state index in [2.05, 4.69) is 25.7 Å². The Morgan fingerprint density at radius 3 is 2.41 bits per heavy atom. The van der Waals surface area contributed by atoms with E-state index in [-0.39, 0.29) is 11.5 Å². The zero-order valence-electron chi connectivity index (χ0n) is 11.6. The maximum atomic E-state index is 13.6.